The smallest absolute Gasteiger partial charge is 0.284 e. The van der Waals surface area contributed by atoms with Gasteiger partial charge in [-0.3, -0.25) is 4.79 Å². The molecular weight excluding hydrogens is 396 g/mol. The van der Waals surface area contributed by atoms with Crippen molar-refractivity contribution >= 4 is 39.0 Å². The first-order valence-electron chi connectivity index (χ1n) is 8.42. The minimum atomic E-state index is -3.97. The molecule has 0 fully saturated rings. The molecule has 0 unspecified atom stereocenters. The molecule has 0 bridgehead atoms. The maximum Gasteiger partial charge on any atom is 0.284 e. The number of amidine groups is 1. The number of hydrogen-bond donors (Lipinski definition) is 0. The second kappa shape index (κ2) is 8.04. The van der Waals surface area contributed by atoms with Crippen LogP contribution in [0.25, 0.3) is 0 Å². The zero-order valence-electron chi connectivity index (χ0n) is 15.3. The lowest BCUT2D eigenvalue weighted by atomic mass is 9.97. The average Bonchev–Trinajstić information content (AvgIpc) is 2.65. The molecule has 3 rings (SSSR count). The molecule has 1 aliphatic rings. The fraction of sp³-hybridized carbons (Fsp3) is 0.0952. The van der Waals surface area contributed by atoms with Gasteiger partial charge < -0.3 is 0 Å². The summed E-state index contributed by atoms with van der Waals surface area (Å²) in [6.07, 6.45) is 2.91. The van der Waals surface area contributed by atoms with E-state index >= 15 is 0 Å². The molecule has 7 heteroatoms. The lowest BCUT2D eigenvalue weighted by molar-refractivity contribution is -0.110. The first kappa shape index (κ1) is 19.9. The number of ketones is 1. The highest BCUT2D eigenvalue weighted by Gasteiger charge is 2.18. The van der Waals surface area contributed by atoms with Crippen molar-refractivity contribution in [3.63, 3.8) is 0 Å². The molecule has 0 aliphatic heterocycles. The topological polar surface area (TPSA) is 75.9 Å². The van der Waals surface area contributed by atoms with Crippen molar-refractivity contribution in [2.75, 3.05) is 0 Å². The van der Waals surface area contributed by atoms with Crippen LogP contribution in [0.4, 0.5) is 0 Å². The van der Waals surface area contributed by atoms with Crippen LogP contribution in [-0.4, -0.2) is 25.7 Å². The Hall–Kier alpha value is -2.83. The van der Waals surface area contributed by atoms with Gasteiger partial charge in [-0.1, -0.05) is 29.8 Å². The molecule has 0 N–H and O–H groups in total. The summed E-state index contributed by atoms with van der Waals surface area (Å²) >= 11 is 5.95. The lowest BCUT2D eigenvalue weighted by Gasteiger charge is -2.13. The molecule has 0 saturated heterocycles. The Morgan fingerprint density at radius 2 is 1.46 bits per heavy atom. The highest BCUT2D eigenvalue weighted by molar-refractivity contribution is 7.90. The number of benzene rings is 2. The van der Waals surface area contributed by atoms with Crippen molar-refractivity contribution in [2.24, 2.45) is 9.39 Å². The van der Waals surface area contributed by atoms with Crippen LogP contribution in [0, 0.1) is 0 Å². The number of sulfonamides is 1. The van der Waals surface area contributed by atoms with E-state index in [1.807, 2.05) is 0 Å². The van der Waals surface area contributed by atoms with Gasteiger partial charge >= 0.3 is 0 Å². The normalized spacial score (nSPS) is 15.2. The van der Waals surface area contributed by atoms with E-state index in [0.717, 1.165) is 0 Å². The second-order valence-corrected chi connectivity index (χ2v) is 8.27. The quantitative estimate of drug-likeness (QED) is 0.426. The van der Waals surface area contributed by atoms with Crippen molar-refractivity contribution in [1.29, 1.82) is 0 Å². The van der Waals surface area contributed by atoms with Crippen molar-refractivity contribution in [3.05, 3.63) is 88.5 Å². The van der Waals surface area contributed by atoms with Crippen LogP contribution in [0.1, 0.15) is 19.4 Å². The summed E-state index contributed by atoms with van der Waals surface area (Å²) in [5, 5.41) is 0.511. The molecule has 5 nitrogen and oxygen atoms in total. The number of aliphatic imine (C=N–C) groups is 1. The van der Waals surface area contributed by atoms with Crippen LogP contribution in [0.15, 0.2) is 92.2 Å². The van der Waals surface area contributed by atoms with Gasteiger partial charge in [-0.05, 0) is 73.5 Å². The Morgan fingerprint density at radius 1 is 0.893 bits per heavy atom. The molecule has 1 aliphatic carbocycles. The Bertz CT molecular complexity index is 1120. The van der Waals surface area contributed by atoms with Gasteiger partial charge in [0.25, 0.3) is 10.0 Å². The fourth-order valence-corrected chi connectivity index (χ4v) is 3.80. The van der Waals surface area contributed by atoms with Crippen LogP contribution in [0.5, 0.6) is 0 Å². The van der Waals surface area contributed by atoms with Crippen molar-refractivity contribution in [3.8, 4) is 0 Å². The summed E-state index contributed by atoms with van der Waals surface area (Å²) in [6, 6.07) is 14.5. The molecule has 2 aromatic carbocycles. The summed E-state index contributed by atoms with van der Waals surface area (Å²) in [5.74, 6) is -0.110. The van der Waals surface area contributed by atoms with Crippen LogP contribution >= 0.6 is 11.6 Å². The van der Waals surface area contributed by atoms with Gasteiger partial charge in [-0.25, -0.2) is 4.99 Å². The predicted molar refractivity (Wildman–Crippen MR) is 112 cm³/mol. The molecule has 0 spiro atoms. The van der Waals surface area contributed by atoms with E-state index in [9.17, 15) is 13.2 Å². The Kier molecular flexibility index (Phi) is 5.72. The standard InChI is InChI=1S/C21H17ClN2O3S/c1-14-12-18(25)13-15(2)20(14)23-21(16-8-10-17(22)11-9-16)24-28(26,27)19-6-4-3-5-7-19/h3-13H,1-2H3/b24-21+. The number of carbonyl (C=O) groups is 1. The number of carbonyl (C=O) groups excluding carboxylic acids is 1. The van der Waals surface area contributed by atoms with E-state index in [4.69, 9.17) is 11.6 Å². The van der Waals surface area contributed by atoms with Crippen LogP contribution in [0.3, 0.4) is 0 Å². The highest BCUT2D eigenvalue weighted by atomic mass is 35.5. The Morgan fingerprint density at radius 3 is 2.04 bits per heavy atom. The first-order chi connectivity index (χ1) is 13.3. The maximum absolute atomic E-state index is 12.8. The number of halogens is 1. The van der Waals surface area contributed by atoms with Gasteiger partial charge in [0.1, 0.15) is 0 Å². The molecule has 0 saturated carbocycles. The van der Waals surface area contributed by atoms with E-state index in [1.54, 1.807) is 56.3 Å². The van der Waals surface area contributed by atoms with E-state index < -0.39 is 10.0 Å². The van der Waals surface area contributed by atoms with Crippen LogP contribution in [0.2, 0.25) is 5.02 Å². The number of nitrogens with zero attached hydrogens (tertiary/aromatic N) is 2. The molecule has 142 valence electrons. The van der Waals surface area contributed by atoms with E-state index in [0.29, 0.717) is 27.4 Å². The Labute approximate surface area is 168 Å². The van der Waals surface area contributed by atoms with Crippen LogP contribution < -0.4 is 0 Å². The number of rotatable bonds is 3. The third kappa shape index (κ3) is 4.52. The summed E-state index contributed by atoms with van der Waals surface area (Å²) in [4.78, 5) is 16.3. The monoisotopic (exact) mass is 412 g/mol. The molecule has 0 atom stereocenters. The summed E-state index contributed by atoms with van der Waals surface area (Å²) in [5.41, 5.74) is 2.29. The van der Waals surface area contributed by atoms with E-state index in [1.165, 1.54) is 24.3 Å². The summed E-state index contributed by atoms with van der Waals surface area (Å²) in [7, 11) is -3.97. The Balaban J connectivity index is 2.18. The maximum atomic E-state index is 12.8. The molecular formula is C21H17ClN2O3S. The lowest BCUT2D eigenvalue weighted by Crippen LogP contribution is -2.14. The average molecular weight is 413 g/mol. The van der Waals surface area contributed by atoms with Crippen molar-refractivity contribution in [2.45, 2.75) is 18.7 Å². The van der Waals surface area contributed by atoms with Gasteiger partial charge in [0.15, 0.2) is 11.6 Å². The third-order valence-electron chi connectivity index (χ3n) is 4.03. The minimum absolute atomic E-state index is 0.0189. The summed E-state index contributed by atoms with van der Waals surface area (Å²) in [6.45, 7) is 3.50. The van der Waals surface area contributed by atoms with Gasteiger partial charge in [0, 0.05) is 10.6 Å². The van der Waals surface area contributed by atoms with Gasteiger partial charge in [-0.15, -0.1) is 4.40 Å². The van der Waals surface area contributed by atoms with Gasteiger partial charge in [0.2, 0.25) is 0 Å². The molecule has 28 heavy (non-hydrogen) atoms. The number of allylic oxidation sites excluding steroid dienone is 4. The van der Waals surface area contributed by atoms with Crippen molar-refractivity contribution < 1.29 is 13.2 Å². The summed E-state index contributed by atoms with van der Waals surface area (Å²) < 4.78 is 29.5. The second-order valence-electron chi connectivity index (χ2n) is 6.23. The number of hydrogen-bond acceptors (Lipinski definition) is 3. The molecule has 0 amide bonds. The van der Waals surface area contributed by atoms with Crippen molar-refractivity contribution in [1.82, 2.24) is 0 Å². The molecule has 0 aromatic heterocycles. The van der Waals surface area contributed by atoms with Crippen LogP contribution in [-0.2, 0) is 14.8 Å². The SMILES string of the molecule is CC1=CC(=O)C=C(C)C1=N/C(=N/S(=O)(=O)c1ccccc1)c1ccc(Cl)cc1. The highest BCUT2D eigenvalue weighted by Crippen LogP contribution is 2.19. The minimum Gasteiger partial charge on any atom is -0.290 e. The van der Waals surface area contributed by atoms with E-state index in [2.05, 4.69) is 9.39 Å². The largest absolute Gasteiger partial charge is 0.290 e. The zero-order chi connectivity index (χ0) is 20.3. The molecule has 0 radical (unpaired) electrons. The van der Waals surface area contributed by atoms with E-state index in [-0.39, 0.29) is 16.5 Å². The zero-order valence-corrected chi connectivity index (χ0v) is 16.8. The predicted octanol–water partition coefficient (Wildman–Crippen LogP) is 4.39. The first-order valence-corrected chi connectivity index (χ1v) is 10.2. The molecule has 2 aromatic rings. The molecule has 0 heterocycles. The van der Waals surface area contributed by atoms with Gasteiger partial charge in [-0.2, -0.15) is 8.42 Å². The fourth-order valence-electron chi connectivity index (χ4n) is 2.69. The third-order valence-corrected chi connectivity index (χ3v) is 5.57. The van der Waals surface area contributed by atoms with Gasteiger partial charge in [0.05, 0.1) is 10.6 Å².